The van der Waals surface area contributed by atoms with Gasteiger partial charge >= 0.3 is 6.61 Å². The summed E-state index contributed by atoms with van der Waals surface area (Å²) in [5.41, 5.74) is 5.67. The number of nitrogens with zero attached hydrogens (tertiary/aromatic N) is 2. The van der Waals surface area contributed by atoms with Gasteiger partial charge in [0, 0.05) is 11.8 Å². The van der Waals surface area contributed by atoms with Gasteiger partial charge in [-0.1, -0.05) is 0 Å². The molecule has 1 aromatic rings. The topological polar surface area (TPSA) is 61.0 Å². The summed E-state index contributed by atoms with van der Waals surface area (Å²) in [6, 6.07) is 1.28. The fraction of sp³-hybridized carbons (Fsp3) is 0.333. The van der Waals surface area contributed by atoms with Crippen molar-refractivity contribution in [3.05, 3.63) is 11.8 Å². The molecule has 0 aromatic carbocycles. The molecule has 0 fully saturated rings. The molecule has 0 aliphatic rings. The van der Waals surface area contributed by atoms with Crippen LogP contribution in [-0.2, 0) is 0 Å². The highest BCUT2D eigenvalue weighted by atomic mass is 35.5. The second-order valence-corrected chi connectivity index (χ2v) is 2.08. The molecule has 0 aliphatic carbocycles. The van der Waals surface area contributed by atoms with Crippen LogP contribution in [0.1, 0.15) is 5.69 Å². The van der Waals surface area contributed by atoms with Crippen molar-refractivity contribution in [3.63, 3.8) is 0 Å². The number of ether oxygens (including phenoxy) is 1. The van der Waals surface area contributed by atoms with E-state index in [4.69, 9.17) is 5.73 Å². The van der Waals surface area contributed by atoms with Gasteiger partial charge in [-0.05, 0) is 6.92 Å². The first-order chi connectivity index (χ1) is 5.58. The first kappa shape index (κ1) is 11.8. The van der Waals surface area contributed by atoms with Crippen LogP contribution in [0.15, 0.2) is 6.07 Å². The van der Waals surface area contributed by atoms with E-state index in [1.165, 1.54) is 6.07 Å². The lowest BCUT2D eigenvalue weighted by atomic mass is 10.4. The van der Waals surface area contributed by atoms with Gasteiger partial charge in [-0.2, -0.15) is 13.8 Å². The van der Waals surface area contributed by atoms with Crippen LogP contribution in [-0.4, -0.2) is 16.6 Å². The Morgan fingerprint density at radius 2 is 2.08 bits per heavy atom. The number of aromatic nitrogens is 2. The van der Waals surface area contributed by atoms with Crippen molar-refractivity contribution in [1.29, 1.82) is 0 Å². The molecule has 0 aliphatic heterocycles. The van der Waals surface area contributed by atoms with Crippen molar-refractivity contribution >= 4 is 18.4 Å². The fourth-order valence-corrected chi connectivity index (χ4v) is 0.713. The van der Waals surface area contributed by atoms with Crippen LogP contribution >= 0.6 is 12.4 Å². The Morgan fingerprint density at radius 1 is 1.46 bits per heavy atom. The highest BCUT2D eigenvalue weighted by Crippen LogP contribution is 2.12. The number of alkyl halides is 2. The van der Waals surface area contributed by atoms with E-state index in [1.54, 1.807) is 6.92 Å². The van der Waals surface area contributed by atoms with Gasteiger partial charge in [-0.15, -0.1) is 12.4 Å². The maximum atomic E-state index is 11.7. The van der Waals surface area contributed by atoms with Gasteiger partial charge in [-0.3, -0.25) is 0 Å². The SMILES string of the molecule is Cc1cc(OC(F)F)nc(N)n1.Cl. The summed E-state index contributed by atoms with van der Waals surface area (Å²) >= 11 is 0. The zero-order valence-electron chi connectivity index (χ0n) is 6.70. The van der Waals surface area contributed by atoms with Crippen molar-refractivity contribution < 1.29 is 13.5 Å². The molecule has 0 amide bonds. The largest absolute Gasteiger partial charge is 0.417 e. The van der Waals surface area contributed by atoms with Crippen LogP contribution < -0.4 is 10.5 Å². The van der Waals surface area contributed by atoms with Crippen LogP contribution in [0.5, 0.6) is 5.88 Å². The molecule has 13 heavy (non-hydrogen) atoms. The molecule has 0 bridgehead atoms. The monoisotopic (exact) mass is 211 g/mol. The van der Waals surface area contributed by atoms with Crippen LogP contribution in [0, 0.1) is 6.92 Å². The van der Waals surface area contributed by atoms with E-state index in [1.807, 2.05) is 0 Å². The van der Waals surface area contributed by atoms with Gasteiger partial charge in [0.05, 0.1) is 0 Å². The Bertz CT molecular complexity index is 264. The van der Waals surface area contributed by atoms with E-state index < -0.39 is 6.61 Å². The number of aryl methyl sites for hydroxylation is 1. The number of anilines is 1. The van der Waals surface area contributed by atoms with E-state index in [2.05, 4.69) is 14.7 Å². The van der Waals surface area contributed by atoms with Gasteiger partial charge in [-0.25, -0.2) is 4.98 Å². The molecule has 74 valence electrons. The molecular formula is C6H8ClF2N3O. The molecule has 1 rings (SSSR count). The number of nitrogen functional groups attached to an aromatic ring is 1. The summed E-state index contributed by atoms with van der Waals surface area (Å²) in [4.78, 5) is 7.12. The minimum Gasteiger partial charge on any atom is -0.417 e. The zero-order valence-corrected chi connectivity index (χ0v) is 7.52. The maximum absolute atomic E-state index is 11.7. The molecule has 0 saturated heterocycles. The highest BCUT2D eigenvalue weighted by Gasteiger charge is 2.06. The predicted octanol–water partition coefficient (Wildman–Crippen LogP) is 1.39. The van der Waals surface area contributed by atoms with Crippen LogP contribution in [0.4, 0.5) is 14.7 Å². The van der Waals surface area contributed by atoms with Gasteiger partial charge < -0.3 is 10.5 Å². The first-order valence-electron chi connectivity index (χ1n) is 3.14. The summed E-state index contributed by atoms with van der Waals surface area (Å²) < 4.78 is 27.3. The highest BCUT2D eigenvalue weighted by molar-refractivity contribution is 5.85. The Balaban J connectivity index is 0.00000144. The van der Waals surface area contributed by atoms with Gasteiger partial charge in [0.25, 0.3) is 0 Å². The second kappa shape index (κ2) is 4.76. The Hall–Kier alpha value is -1.17. The molecule has 0 unspecified atom stereocenters. The third kappa shape index (κ3) is 3.84. The summed E-state index contributed by atoms with van der Waals surface area (Å²) in [6.07, 6.45) is 0. The summed E-state index contributed by atoms with van der Waals surface area (Å²) in [5, 5.41) is 0. The maximum Gasteiger partial charge on any atom is 0.388 e. The lowest BCUT2D eigenvalue weighted by molar-refractivity contribution is -0.0528. The number of hydrogen-bond donors (Lipinski definition) is 1. The van der Waals surface area contributed by atoms with E-state index in [0.717, 1.165) is 0 Å². The molecule has 2 N–H and O–H groups in total. The van der Waals surface area contributed by atoms with Crippen molar-refractivity contribution in [2.45, 2.75) is 13.5 Å². The number of nitrogens with two attached hydrogens (primary N) is 1. The molecule has 0 radical (unpaired) electrons. The Labute approximate surface area is 79.5 Å². The molecule has 0 spiro atoms. The Morgan fingerprint density at radius 3 is 2.54 bits per heavy atom. The van der Waals surface area contributed by atoms with Crippen molar-refractivity contribution in [3.8, 4) is 5.88 Å². The van der Waals surface area contributed by atoms with Crippen LogP contribution in [0.3, 0.4) is 0 Å². The lowest BCUT2D eigenvalue weighted by Crippen LogP contribution is -2.06. The number of halogens is 3. The van der Waals surface area contributed by atoms with E-state index >= 15 is 0 Å². The fourth-order valence-electron chi connectivity index (χ4n) is 0.713. The second-order valence-electron chi connectivity index (χ2n) is 2.08. The van der Waals surface area contributed by atoms with Gasteiger partial charge in [0.15, 0.2) is 0 Å². The standard InChI is InChI=1S/C6H7F2N3O.ClH/c1-3-2-4(12-5(7)8)11-6(9)10-3;/h2,5H,1H3,(H2,9,10,11);1H. The molecule has 7 heteroatoms. The summed E-state index contributed by atoms with van der Waals surface area (Å²) in [5.74, 6) is -0.291. The third-order valence-electron chi connectivity index (χ3n) is 1.06. The first-order valence-corrected chi connectivity index (χ1v) is 3.14. The van der Waals surface area contributed by atoms with Crippen molar-refractivity contribution in [1.82, 2.24) is 9.97 Å². The Kier molecular flexibility index (Phi) is 4.33. The normalized spacial score (nSPS) is 9.54. The molecular weight excluding hydrogens is 204 g/mol. The lowest BCUT2D eigenvalue weighted by Gasteiger charge is -2.03. The molecule has 0 saturated carbocycles. The minimum atomic E-state index is -2.89. The average Bonchev–Trinajstić information content (AvgIpc) is 1.81. The quantitative estimate of drug-likeness (QED) is 0.803. The van der Waals surface area contributed by atoms with E-state index in [-0.39, 0.29) is 24.2 Å². The van der Waals surface area contributed by atoms with Crippen molar-refractivity contribution in [2.75, 3.05) is 5.73 Å². The molecule has 4 nitrogen and oxygen atoms in total. The van der Waals surface area contributed by atoms with E-state index in [0.29, 0.717) is 5.69 Å². The van der Waals surface area contributed by atoms with Crippen LogP contribution in [0.2, 0.25) is 0 Å². The summed E-state index contributed by atoms with van der Waals surface area (Å²) in [7, 11) is 0. The van der Waals surface area contributed by atoms with Gasteiger partial charge in [0.2, 0.25) is 11.8 Å². The molecule has 1 heterocycles. The predicted molar refractivity (Wildman–Crippen MR) is 45.1 cm³/mol. The van der Waals surface area contributed by atoms with E-state index in [9.17, 15) is 8.78 Å². The molecule has 1 aromatic heterocycles. The van der Waals surface area contributed by atoms with Gasteiger partial charge in [0.1, 0.15) is 0 Å². The van der Waals surface area contributed by atoms with Crippen LogP contribution in [0.25, 0.3) is 0 Å². The molecule has 0 atom stereocenters. The van der Waals surface area contributed by atoms with Crippen molar-refractivity contribution in [2.24, 2.45) is 0 Å². The smallest absolute Gasteiger partial charge is 0.388 e. The summed E-state index contributed by atoms with van der Waals surface area (Å²) in [6.45, 7) is -1.28. The minimum absolute atomic E-state index is 0. The third-order valence-corrected chi connectivity index (χ3v) is 1.06. The number of rotatable bonds is 2. The average molecular weight is 212 g/mol. The zero-order chi connectivity index (χ0) is 9.14. The number of hydrogen-bond acceptors (Lipinski definition) is 4.